The third-order valence-corrected chi connectivity index (χ3v) is 1.80. The van der Waals surface area contributed by atoms with Crippen molar-refractivity contribution in [3.8, 4) is 5.19 Å². The molecule has 0 aliphatic rings. The van der Waals surface area contributed by atoms with Crippen LogP contribution in [0.1, 0.15) is 6.92 Å². The van der Waals surface area contributed by atoms with E-state index in [1.807, 2.05) is 6.92 Å². The third kappa shape index (κ3) is 1.84. The Kier molecular flexibility index (Phi) is 2.30. The summed E-state index contributed by atoms with van der Waals surface area (Å²) in [6.07, 6.45) is 0. The predicted molar refractivity (Wildman–Crippen MR) is 38.3 cm³/mol. The minimum absolute atomic E-state index is 0.503. The second kappa shape index (κ2) is 3.03. The van der Waals surface area contributed by atoms with Crippen LogP contribution in [0.4, 0.5) is 0 Å². The summed E-state index contributed by atoms with van der Waals surface area (Å²) >= 11 is 6.92. The molecule has 4 heteroatoms. The summed E-state index contributed by atoms with van der Waals surface area (Å²) in [6, 6.07) is 0. The Morgan fingerprint density at radius 3 is 3.11 bits per heavy atom. The zero-order valence-electron chi connectivity index (χ0n) is 4.93. The van der Waals surface area contributed by atoms with Gasteiger partial charge in [-0.05, 0) is 6.92 Å². The van der Waals surface area contributed by atoms with E-state index >= 15 is 0 Å². The predicted octanol–water partition coefficient (Wildman–Crippen LogP) is 2.20. The van der Waals surface area contributed by atoms with Crippen LogP contribution >= 0.6 is 22.9 Å². The van der Waals surface area contributed by atoms with Crippen LogP contribution in [0.5, 0.6) is 5.19 Å². The molecule has 0 unspecified atom stereocenters. The molecule has 0 aliphatic heterocycles. The van der Waals surface area contributed by atoms with E-state index < -0.39 is 0 Å². The zero-order valence-corrected chi connectivity index (χ0v) is 6.50. The van der Waals surface area contributed by atoms with Gasteiger partial charge in [0, 0.05) is 5.38 Å². The minimum atomic E-state index is 0.503. The van der Waals surface area contributed by atoms with Crippen LogP contribution < -0.4 is 4.74 Å². The van der Waals surface area contributed by atoms with Gasteiger partial charge < -0.3 is 4.74 Å². The fourth-order valence-electron chi connectivity index (χ4n) is 0.429. The highest BCUT2D eigenvalue weighted by Crippen LogP contribution is 2.20. The number of ether oxygens (including phenoxy) is 1. The molecule has 0 radical (unpaired) electrons. The first-order valence-corrected chi connectivity index (χ1v) is 3.82. The number of thiazole rings is 1. The molecular weight excluding hydrogens is 158 g/mol. The quantitative estimate of drug-likeness (QED) is 0.667. The molecule has 0 bridgehead atoms. The average molecular weight is 164 g/mol. The van der Waals surface area contributed by atoms with E-state index in [1.165, 1.54) is 11.3 Å². The second-order valence-corrected chi connectivity index (χ2v) is 2.58. The van der Waals surface area contributed by atoms with Gasteiger partial charge >= 0.3 is 0 Å². The Morgan fingerprint density at radius 2 is 2.67 bits per heavy atom. The number of aromatic nitrogens is 1. The number of hydrogen-bond acceptors (Lipinski definition) is 3. The first-order chi connectivity index (χ1) is 4.33. The second-order valence-electron chi connectivity index (χ2n) is 1.37. The van der Waals surface area contributed by atoms with Crippen LogP contribution in [0.3, 0.4) is 0 Å². The molecule has 0 saturated heterocycles. The van der Waals surface area contributed by atoms with E-state index in [-0.39, 0.29) is 0 Å². The Hall–Kier alpha value is -0.280. The van der Waals surface area contributed by atoms with E-state index in [1.54, 1.807) is 5.38 Å². The van der Waals surface area contributed by atoms with Crippen molar-refractivity contribution in [2.24, 2.45) is 0 Å². The van der Waals surface area contributed by atoms with Crippen LogP contribution in [0.15, 0.2) is 5.38 Å². The summed E-state index contributed by atoms with van der Waals surface area (Å²) < 4.78 is 5.05. The van der Waals surface area contributed by atoms with Crippen LogP contribution in [0, 0.1) is 0 Å². The normalized spacial score (nSPS) is 9.56. The lowest BCUT2D eigenvalue weighted by atomic mass is 10.9. The van der Waals surface area contributed by atoms with Crippen molar-refractivity contribution in [1.82, 2.24) is 4.98 Å². The molecule has 0 aliphatic carbocycles. The number of nitrogens with zero attached hydrogens (tertiary/aromatic N) is 1. The number of halogens is 1. The average Bonchev–Trinajstić information content (AvgIpc) is 2.17. The van der Waals surface area contributed by atoms with Gasteiger partial charge in [-0.2, -0.15) is 4.98 Å². The Balaban J connectivity index is 2.61. The van der Waals surface area contributed by atoms with E-state index in [2.05, 4.69) is 4.98 Å². The molecule has 0 aromatic carbocycles. The first-order valence-electron chi connectivity index (χ1n) is 2.56. The van der Waals surface area contributed by atoms with Crippen LogP contribution in [-0.2, 0) is 0 Å². The van der Waals surface area contributed by atoms with Crippen LogP contribution in [-0.4, -0.2) is 11.6 Å². The monoisotopic (exact) mass is 163 g/mol. The molecule has 9 heavy (non-hydrogen) atoms. The lowest BCUT2D eigenvalue weighted by Crippen LogP contribution is -1.88. The van der Waals surface area contributed by atoms with Gasteiger partial charge in [-0.3, -0.25) is 0 Å². The molecule has 1 aromatic rings. The highest BCUT2D eigenvalue weighted by atomic mass is 35.5. The Bertz CT molecular complexity index is 189. The van der Waals surface area contributed by atoms with Crippen molar-refractivity contribution in [2.45, 2.75) is 6.92 Å². The van der Waals surface area contributed by atoms with Gasteiger partial charge in [0.2, 0.25) is 0 Å². The van der Waals surface area contributed by atoms with Crippen molar-refractivity contribution in [3.05, 3.63) is 10.5 Å². The molecule has 1 aromatic heterocycles. The summed E-state index contributed by atoms with van der Waals surface area (Å²) in [5.41, 5.74) is 0. The van der Waals surface area contributed by atoms with E-state index in [0.717, 1.165) is 0 Å². The smallest absolute Gasteiger partial charge is 0.274 e. The van der Waals surface area contributed by atoms with Crippen LogP contribution in [0.25, 0.3) is 0 Å². The topological polar surface area (TPSA) is 22.1 Å². The molecule has 1 rings (SSSR count). The highest BCUT2D eigenvalue weighted by Gasteiger charge is 1.96. The minimum Gasteiger partial charge on any atom is -0.470 e. The maximum absolute atomic E-state index is 5.52. The summed E-state index contributed by atoms with van der Waals surface area (Å²) in [5.74, 6) is 0. The maximum Gasteiger partial charge on any atom is 0.274 e. The largest absolute Gasteiger partial charge is 0.470 e. The lowest BCUT2D eigenvalue weighted by molar-refractivity contribution is 0.338. The number of hydrogen-bond donors (Lipinski definition) is 0. The standard InChI is InChI=1S/C5H6ClNOS/c1-2-8-5-7-4(6)3-9-5/h3H,2H2,1H3. The molecule has 0 saturated carbocycles. The fraction of sp³-hybridized carbons (Fsp3) is 0.400. The summed E-state index contributed by atoms with van der Waals surface area (Å²) in [7, 11) is 0. The van der Waals surface area contributed by atoms with Gasteiger partial charge in [0.15, 0.2) is 0 Å². The molecule has 0 fully saturated rings. The Morgan fingerprint density at radius 1 is 1.89 bits per heavy atom. The van der Waals surface area contributed by atoms with E-state index in [4.69, 9.17) is 16.3 Å². The molecule has 1 heterocycles. The van der Waals surface area contributed by atoms with Gasteiger partial charge in [0.1, 0.15) is 5.15 Å². The molecule has 2 nitrogen and oxygen atoms in total. The summed E-state index contributed by atoms with van der Waals surface area (Å²) in [6.45, 7) is 2.55. The molecule has 50 valence electrons. The first kappa shape index (κ1) is 6.83. The van der Waals surface area contributed by atoms with Crippen molar-refractivity contribution in [3.63, 3.8) is 0 Å². The molecule has 0 spiro atoms. The van der Waals surface area contributed by atoms with Crippen molar-refractivity contribution in [1.29, 1.82) is 0 Å². The summed E-state index contributed by atoms with van der Waals surface area (Å²) in [4.78, 5) is 3.86. The van der Waals surface area contributed by atoms with Gasteiger partial charge in [-0.25, -0.2) is 0 Å². The van der Waals surface area contributed by atoms with Gasteiger partial charge in [-0.1, -0.05) is 22.9 Å². The highest BCUT2D eigenvalue weighted by molar-refractivity contribution is 7.11. The van der Waals surface area contributed by atoms with Crippen molar-refractivity contribution < 1.29 is 4.74 Å². The zero-order chi connectivity index (χ0) is 6.69. The third-order valence-electron chi connectivity index (χ3n) is 0.723. The lowest BCUT2D eigenvalue weighted by Gasteiger charge is -1.92. The van der Waals surface area contributed by atoms with Crippen LogP contribution in [0.2, 0.25) is 5.15 Å². The van der Waals surface area contributed by atoms with Gasteiger partial charge in [0.05, 0.1) is 6.61 Å². The molecular formula is C5H6ClNOS. The fourth-order valence-corrected chi connectivity index (χ4v) is 1.28. The van der Waals surface area contributed by atoms with Gasteiger partial charge in [-0.15, -0.1) is 0 Å². The van der Waals surface area contributed by atoms with Gasteiger partial charge in [0.25, 0.3) is 5.19 Å². The molecule has 0 amide bonds. The molecule has 0 N–H and O–H groups in total. The van der Waals surface area contributed by atoms with E-state index in [9.17, 15) is 0 Å². The number of rotatable bonds is 2. The molecule has 0 atom stereocenters. The van der Waals surface area contributed by atoms with E-state index in [0.29, 0.717) is 17.0 Å². The SMILES string of the molecule is CCOc1nc(Cl)cs1. The summed E-state index contributed by atoms with van der Waals surface area (Å²) in [5, 5.41) is 2.89. The maximum atomic E-state index is 5.52. The van der Waals surface area contributed by atoms with Crippen molar-refractivity contribution >= 4 is 22.9 Å². The van der Waals surface area contributed by atoms with Crippen molar-refractivity contribution in [2.75, 3.05) is 6.61 Å². The Labute approximate surface area is 62.4 Å².